The molecule has 9 nitrogen and oxygen atoms in total. The lowest BCUT2D eigenvalue weighted by Crippen LogP contribution is -2.39. The largest absolute Gasteiger partial charge is 0.494 e. The Morgan fingerprint density at radius 2 is 2.06 bits per heavy atom. The van der Waals surface area contributed by atoms with Crippen LogP contribution in [0.25, 0.3) is 10.9 Å². The van der Waals surface area contributed by atoms with Gasteiger partial charge in [-0.2, -0.15) is 0 Å². The van der Waals surface area contributed by atoms with Gasteiger partial charge in [-0.25, -0.2) is 4.98 Å². The number of methoxy groups -OCH3 is 1. The first-order valence-corrected chi connectivity index (χ1v) is 12.0. The van der Waals surface area contributed by atoms with Gasteiger partial charge in [-0.3, -0.25) is 9.59 Å². The number of nitrogens with zero attached hydrogens (tertiary/aromatic N) is 2. The Balaban J connectivity index is 0.00000124. The van der Waals surface area contributed by atoms with Crippen LogP contribution in [-0.2, 0) is 22.7 Å². The van der Waals surface area contributed by atoms with Crippen molar-refractivity contribution in [2.75, 3.05) is 30.5 Å². The number of fused-ring (bicyclic) bond motifs is 4. The summed E-state index contributed by atoms with van der Waals surface area (Å²) in [6.45, 7) is 8.15. The molecule has 2 bridgehead atoms. The Kier molecular flexibility index (Phi) is 6.21. The van der Waals surface area contributed by atoms with E-state index in [1.54, 1.807) is 6.07 Å². The van der Waals surface area contributed by atoms with Gasteiger partial charge in [0.25, 0.3) is 5.91 Å². The summed E-state index contributed by atoms with van der Waals surface area (Å²) in [5.74, 6) is 0.915. The number of H-pyrrole nitrogens is 1. The second-order valence-corrected chi connectivity index (χ2v) is 8.83. The number of hydrogen-bond donors (Lipinski definition) is 2. The number of hydrogen-bond acceptors (Lipinski definition) is 7. The smallest absolute Gasteiger partial charge is 0.259 e. The van der Waals surface area contributed by atoms with Gasteiger partial charge in [0.1, 0.15) is 11.6 Å². The van der Waals surface area contributed by atoms with Gasteiger partial charge in [0.15, 0.2) is 0 Å². The lowest BCUT2D eigenvalue weighted by atomic mass is 10.1. The van der Waals surface area contributed by atoms with Crippen LogP contribution < -0.4 is 20.5 Å². The van der Waals surface area contributed by atoms with Crippen molar-refractivity contribution in [1.29, 1.82) is 0 Å². The minimum absolute atomic E-state index is 0.187. The molecule has 2 unspecified atom stereocenters. The number of morpholine rings is 1. The van der Waals surface area contributed by atoms with Gasteiger partial charge < -0.3 is 29.4 Å². The van der Waals surface area contributed by atoms with Crippen molar-refractivity contribution < 1.29 is 19.0 Å². The van der Waals surface area contributed by atoms with Crippen molar-refractivity contribution in [3.05, 3.63) is 57.0 Å². The molecule has 35 heavy (non-hydrogen) atoms. The summed E-state index contributed by atoms with van der Waals surface area (Å²) in [6, 6.07) is 7.21. The van der Waals surface area contributed by atoms with Crippen LogP contribution in [-0.4, -0.2) is 48.3 Å². The highest BCUT2D eigenvalue weighted by atomic mass is 16.5. The zero-order valence-electron chi connectivity index (χ0n) is 20.4. The number of carbonyl (C=O) groups is 1. The van der Waals surface area contributed by atoms with Crippen molar-refractivity contribution in [1.82, 2.24) is 9.97 Å². The Bertz CT molecular complexity index is 1350. The lowest BCUT2D eigenvalue weighted by Gasteiger charge is -2.29. The molecule has 3 aliphatic heterocycles. The first-order valence-electron chi connectivity index (χ1n) is 12.0. The second-order valence-electron chi connectivity index (χ2n) is 8.83. The normalized spacial score (nSPS) is 19.9. The van der Waals surface area contributed by atoms with E-state index in [-0.39, 0.29) is 23.6 Å². The summed E-state index contributed by atoms with van der Waals surface area (Å²) in [5.41, 5.74) is 4.12. The maximum Gasteiger partial charge on any atom is 0.259 e. The van der Waals surface area contributed by atoms with Crippen LogP contribution in [0.3, 0.4) is 0 Å². The van der Waals surface area contributed by atoms with Gasteiger partial charge in [-0.15, -0.1) is 0 Å². The molecule has 6 rings (SSSR count). The van der Waals surface area contributed by atoms with Gasteiger partial charge in [0, 0.05) is 35.3 Å². The molecule has 3 aromatic rings. The SMILES string of the molecule is CC.COc1cc(NC(=O)c2cc3c(nc2N2CC4CC2CO4)COC3)cc2c(C)cc(=O)[nH]c12. The highest BCUT2D eigenvalue weighted by Crippen LogP contribution is 2.36. The summed E-state index contributed by atoms with van der Waals surface area (Å²) in [4.78, 5) is 35.3. The first kappa shape index (κ1) is 23.3. The molecule has 2 N–H and O–H groups in total. The molecule has 3 aliphatic rings. The van der Waals surface area contributed by atoms with E-state index in [9.17, 15) is 9.59 Å². The van der Waals surface area contributed by atoms with Gasteiger partial charge >= 0.3 is 0 Å². The van der Waals surface area contributed by atoms with E-state index in [4.69, 9.17) is 19.2 Å². The van der Waals surface area contributed by atoms with Crippen LogP contribution in [0.15, 0.2) is 29.1 Å². The van der Waals surface area contributed by atoms with Crippen molar-refractivity contribution >= 4 is 28.3 Å². The van der Waals surface area contributed by atoms with Crippen LogP contribution in [0, 0.1) is 6.92 Å². The number of aryl methyl sites for hydroxylation is 1. The topological polar surface area (TPSA) is 106 Å². The van der Waals surface area contributed by atoms with Crippen molar-refractivity contribution in [3.8, 4) is 5.75 Å². The summed E-state index contributed by atoms with van der Waals surface area (Å²) < 4.78 is 16.8. The molecule has 2 fully saturated rings. The zero-order chi connectivity index (χ0) is 24.7. The number of aromatic nitrogens is 2. The van der Waals surface area contributed by atoms with Crippen LogP contribution in [0.1, 0.15) is 47.4 Å². The third kappa shape index (κ3) is 4.15. The predicted octanol–water partition coefficient (Wildman–Crippen LogP) is 3.53. The highest BCUT2D eigenvalue weighted by Gasteiger charge is 2.41. The van der Waals surface area contributed by atoms with E-state index in [0.29, 0.717) is 48.2 Å². The van der Waals surface area contributed by atoms with E-state index in [2.05, 4.69) is 15.2 Å². The van der Waals surface area contributed by atoms with E-state index in [1.807, 2.05) is 32.9 Å². The molecular formula is C26H30N4O5. The minimum atomic E-state index is -0.251. The van der Waals surface area contributed by atoms with Crippen molar-refractivity contribution in [3.63, 3.8) is 0 Å². The summed E-state index contributed by atoms with van der Waals surface area (Å²) in [7, 11) is 1.54. The second kappa shape index (κ2) is 9.31. The number of benzene rings is 1. The summed E-state index contributed by atoms with van der Waals surface area (Å²) >= 11 is 0. The van der Waals surface area contributed by atoms with Gasteiger partial charge in [0.2, 0.25) is 5.56 Å². The van der Waals surface area contributed by atoms with Gasteiger partial charge in [-0.05, 0) is 31.0 Å². The van der Waals surface area contributed by atoms with Crippen molar-refractivity contribution in [2.45, 2.75) is 52.6 Å². The number of anilines is 2. The number of ether oxygens (including phenoxy) is 3. The van der Waals surface area contributed by atoms with Gasteiger partial charge in [-0.1, -0.05) is 13.8 Å². The van der Waals surface area contributed by atoms with E-state index in [0.717, 1.165) is 35.2 Å². The standard InChI is InChI=1S/C24H24N4O5.C2H6/c1-12-3-21(29)27-22-17(12)5-14(6-20(22)31-2)25-24(30)18-4-13-9-32-11-19(13)26-23(18)28-8-16-7-15(28)10-33-16;1-2/h3-6,15-16H,7-11H2,1-2H3,(H,25,30)(H,27,29);1-2H3. The van der Waals surface area contributed by atoms with E-state index in [1.165, 1.54) is 13.2 Å². The van der Waals surface area contributed by atoms with E-state index < -0.39 is 0 Å². The Morgan fingerprint density at radius 1 is 1.23 bits per heavy atom. The predicted molar refractivity (Wildman–Crippen MR) is 133 cm³/mol. The number of rotatable bonds is 4. The van der Waals surface area contributed by atoms with Gasteiger partial charge in [0.05, 0.1) is 55.9 Å². The molecule has 5 heterocycles. The average molecular weight is 479 g/mol. The summed E-state index contributed by atoms with van der Waals surface area (Å²) in [5, 5.41) is 3.82. The van der Waals surface area contributed by atoms with Crippen LogP contribution in [0.5, 0.6) is 5.75 Å². The molecule has 0 aliphatic carbocycles. The fourth-order valence-corrected chi connectivity index (χ4v) is 5.06. The maximum absolute atomic E-state index is 13.5. The Morgan fingerprint density at radius 3 is 2.77 bits per heavy atom. The fourth-order valence-electron chi connectivity index (χ4n) is 5.06. The molecule has 0 spiro atoms. The van der Waals surface area contributed by atoms with E-state index >= 15 is 0 Å². The minimum Gasteiger partial charge on any atom is -0.494 e. The highest BCUT2D eigenvalue weighted by molar-refractivity contribution is 6.09. The number of carbonyl (C=O) groups excluding carboxylic acids is 1. The molecule has 0 radical (unpaired) electrons. The molecule has 1 aromatic carbocycles. The van der Waals surface area contributed by atoms with Crippen LogP contribution >= 0.6 is 0 Å². The summed E-state index contributed by atoms with van der Waals surface area (Å²) in [6.07, 6.45) is 1.14. The molecule has 2 aromatic heterocycles. The molecule has 184 valence electrons. The third-order valence-electron chi connectivity index (χ3n) is 6.69. The molecule has 2 saturated heterocycles. The molecule has 2 atom stereocenters. The third-order valence-corrected chi connectivity index (χ3v) is 6.69. The average Bonchev–Trinajstić information content (AvgIpc) is 3.61. The zero-order valence-corrected chi connectivity index (χ0v) is 20.4. The first-order chi connectivity index (χ1) is 17.0. The fraction of sp³-hybridized carbons (Fsp3) is 0.423. The van der Waals surface area contributed by atoms with Crippen LogP contribution in [0.2, 0.25) is 0 Å². The number of pyridine rings is 2. The molecule has 0 saturated carbocycles. The quantitative estimate of drug-likeness (QED) is 0.591. The molecule has 9 heteroatoms. The monoisotopic (exact) mass is 478 g/mol. The number of nitrogens with one attached hydrogen (secondary N) is 2. The van der Waals surface area contributed by atoms with Crippen LogP contribution in [0.4, 0.5) is 11.5 Å². The Labute approximate surface area is 203 Å². The Hall–Kier alpha value is -3.43. The number of amides is 1. The molecular weight excluding hydrogens is 448 g/mol. The van der Waals surface area contributed by atoms with Crippen molar-refractivity contribution in [2.24, 2.45) is 0 Å². The molecule has 1 amide bonds. The lowest BCUT2D eigenvalue weighted by molar-refractivity contribution is 0.0978. The maximum atomic E-state index is 13.5. The number of aromatic amines is 1.